The molecule has 106 valence electrons. The van der Waals surface area contributed by atoms with Gasteiger partial charge in [-0.2, -0.15) is 0 Å². The molecule has 0 aromatic rings. The summed E-state index contributed by atoms with van der Waals surface area (Å²) in [7, 11) is 8.47. The molecule has 0 aliphatic carbocycles. The van der Waals surface area contributed by atoms with Crippen molar-refractivity contribution in [2.24, 2.45) is 0 Å². The molecule has 0 aromatic heterocycles. The van der Waals surface area contributed by atoms with E-state index in [0.29, 0.717) is 0 Å². The van der Waals surface area contributed by atoms with E-state index in [0.717, 1.165) is 0 Å². The monoisotopic (exact) mass is 372 g/mol. The topological polar surface area (TPSA) is 9.23 Å². The first-order valence-corrected chi connectivity index (χ1v) is 10.6. The first kappa shape index (κ1) is 34.8. The van der Waals surface area contributed by atoms with Crippen molar-refractivity contribution < 1.29 is 4.65 Å². The van der Waals surface area contributed by atoms with Crippen LogP contribution in [0.1, 0.15) is 0 Å². The molecule has 0 aliphatic heterocycles. The predicted molar refractivity (Wildman–Crippen MR) is 185 cm³/mol. The first-order valence-electron chi connectivity index (χ1n) is 10.6. The van der Waals surface area contributed by atoms with Crippen molar-refractivity contribution in [2.45, 2.75) is 0 Å². The van der Waals surface area contributed by atoms with Crippen molar-refractivity contribution in [1.82, 2.24) is 0 Å². The van der Waals surface area contributed by atoms with Gasteiger partial charge in [-0.1, -0.05) is 0 Å². The van der Waals surface area contributed by atoms with E-state index in [-0.39, 0.29) is 0 Å². The van der Waals surface area contributed by atoms with E-state index in [9.17, 15) is 0 Å². The second-order valence-electron chi connectivity index (χ2n) is 5.95. The van der Waals surface area contributed by atoms with Gasteiger partial charge < -0.3 is 0 Å². The normalized spacial score (nSPS) is 7.67. The Balaban J connectivity index is 3.97. The maximum absolute atomic E-state index is 5.23. The second-order valence-corrected chi connectivity index (χ2v) is 5.95. The number of hydrogen-bond acceptors (Lipinski definition) is 1. The third-order valence-corrected chi connectivity index (χ3v) is 3.33. The van der Waals surface area contributed by atoms with E-state index in [1.54, 1.807) is 20.8 Å². The third-order valence-electron chi connectivity index (χ3n) is 3.33. The van der Waals surface area contributed by atoms with Gasteiger partial charge in [0.15, 0.2) is 0 Å². The summed E-state index contributed by atoms with van der Waals surface area (Å²) >= 11 is 0. The molecule has 0 saturated heterocycles. The third kappa shape index (κ3) is 33.8. The van der Waals surface area contributed by atoms with Crippen LogP contribution in [0.5, 0.6) is 0 Å². The molecular weight excluding hydrogens is 363 g/mol. The van der Waals surface area contributed by atoms with Crippen LogP contribution in [0.15, 0.2) is 0 Å². The molecule has 1 nitrogen and oxygen atoms in total. The molecule has 0 atom stereocenters. The van der Waals surface area contributed by atoms with E-state index in [1.165, 1.54) is 6.69 Å². The Bertz CT molecular complexity index is 903. The van der Waals surface area contributed by atoms with E-state index >= 15 is 0 Å². The molecular formula is CH3B31O. The molecule has 0 saturated carbocycles. The Kier molecular flexibility index (Phi) is 35.7. The van der Waals surface area contributed by atoms with Gasteiger partial charge in [-0.05, 0) is 0 Å². The molecule has 0 unspecified atom stereocenters. The van der Waals surface area contributed by atoms with Crippen LogP contribution in [0.3, 0.4) is 0 Å². The van der Waals surface area contributed by atoms with Gasteiger partial charge >= 0.3 is 221 Å². The van der Waals surface area contributed by atoms with Crippen molar-refractivity contribution in [1.29, 1.82) is 0 Å². The summed E-state index contributed by atoms with van der Waals surface area (Å²) in [5, 5.41) is 0. The molecule has 33 heavy (non-hydrogen) atoms. The molecule has 0 rings (SSSR count). The average Bonchev–Trinajstić information content (AvgIpc) is 2.83. The van der Waals surface area contributed by atoms with E-state index in [2.05, 4.69) is 0 Å². The van der Waals surface area contributed by atoms with Crippen LogP contribution >= 0.6 is 0 Å². The summed E-state index contributed by atoms with van der Waals surface area (Å²) in [6, 6.07) is 0. The molecule has 32 heteroatoms. The molecule has 0 amide bonds. The first-order chi connectivity index (χ1) is 16.4. The van der Waals surface area contributed by atoms with E-state index in [4.69, 9.17) is 12.4 Å². The summed E-state index contributed by atoms with van der Waals surface area (Å²) in [5.74, 6) is 0. The van der Waals surface area contributed by atoms with Crippen LogP contribution in [0, 0.1) is 0 Å². The molecule has 2 radical (unpaired) electrons. The molecule has 0 bridgehead atoms. The van der Waals surface area contributed by atoms with Gasteiger partial charge in [0, 0.05) is 0 Å². The minimum atomic E-state index is 1.50. The number of hydrogen-bond donors (Lipinski definition) is 0. The summed E-state index contributed by atoms with van der Waals surface area (Å²) < 4.78 is 4.79. The molecule has 0 fully saturated rings. The Hall–Kier alpha value is 1.81. The molecule has 0 aromatic carbocycles. The van der Waals surface area contributed by atoms with Crippen molar-refractivity contribution in [3.63, 3.8) is 0 Å². The summed E-state index contributed by atoms with van der Waals surface area (Å²) in [5.41, 5.74) is 0. The van der Waals surface area contributed by atoms with Gasteiger partial charge in [-0.25, -0.2) is 0 Å². The Morgan fingerprint density at radius 1 is 0.303 bits per heavy atom. The SMILES string of the molecule is [B]B=BB=BB=BB=BB=BB=BB=BB=BB=BB=BB=BB=BB=BB=BB=BOC. The van der Waals surface area contributed by atoms with Gasteiger partial charge in [0.25, 0.3) is 0 Å². The Morgan fingerprint density at radius 2 is 0.485 bits per heavy atom. The predicted octanol–water partition coefficient (Wildman–Crippen LogP) is -11.7. The Morgan fingerprint density at radius 3 is 0.667 bits per heavy atom. The fourth-order valence-corrected chi connectivity index (χ4v) is 1.86. The summed E-state index contributed by atoms with van der Waals surface area (Å²) in [6.07, 6.45) is 0. The standard InChI is InChI=1S/CH3B31O/c1-33-32-31-30-29-28-27-26-25-24-23-22-21-20-19-18-17-16-15-14-13-12-11-10-9-8-7-6-5-4-3-2/h1H3. The zero-order chi connectivity index (χ0) is 23.9. The van der Waals surface area contributed by atoms with Gasteiger partial charge in [0.2, 0.25) is 0 Å². The number of rotatable bonds is 15. The zero-order valence-corrected chi connectivity index (χ0v) is 19.3. The maximum atomic E-state index is 5.23. The fraction of sp³-hybridized carbons (Fsp3) is 1.00. The van der Waals surface area contributed by atoms with Crippen LogP contribution in [-0.2, 0) is 4.65 Å². The van der Waals surface area contributed by atoms with Crippen LogP contribution in [0.2, 0.25) is 0 Å². The quantitative estimate of drug-likeness (QED) is 0.262. The summed E-state index contributed by atoms with van der Waals surface area (Å²) in [4.78, 5) is 0. The van der Waals surface area contributed by atoms with Crippen molar-refractivity contribution in [3.05, 3.63) is 0 Å². The van der Waals surface area contributed by atoms with E-state index < -0.39 is 0 Å². The molecule has 0 heterocycles. The van der Waals surface area contributed by atoms with Crippen molar-refractivity contribution in [3.8, 4) is 0 Å². The van der Waals surface area contributed by atoms with Crippen molar-refractivity contribution >= 4 is 209 Å². The van der Waals surface area contributed by atoms with Gasteiger partial charge in [-0.3, -0.25) is 0 Å². The van der Waals surface area contributed by atoms with Gasteiger partial charge in [0.1, 0.15) is 0 Å². The Labute approximate surface area is 219 Å². The molecule has 0 N–H and O–H groups in total. The van der Waals surface area contributed by atoms with Crippen molar-refractivity contribution in [2.75, 3.05) is 7.11 Å². The average molecular weight is 366 g/mol. The van der Waals surface area contributed by atoms with Crippen LogP contribution < -0.4 is 0 Å². The fourth-order valence-electron chi connectivity index (χ4n) is 1.86. The molecule has 0 spiro atoms. The van der Waals surface area contributed by atoms with E-state index in [1.807, 2.05) is 181 Å². The summed E-state index contributed by atoms with van der Waals surface area (Å²) in [6.45, 7) is 56.2. The second kappa shape index (κ2) is 33.8. The van der Waals surface area contributed by atoms with Crippen LogP contribution in [0.4, 0.5) is 0 Å². The van der Waals surface area contributed by atoms with Gasteiger partial charge in [-0.15, -0.1) is 0 Å². The minimum absolute atomic E-state index is 1.50. The zero-order valence-electron chi connectivity index (χ0n) is 19.3. The molecule has 0 aliphatic rings. The van der Waals surface area contributed by atoms with Crippen LogP contribution in [0.25, 0.3) is 0 Å². The van der Waals surface area contributed by atoms with Gasteiger partial charge in [0.05, 0.1) is 0 Å². The van der Waals surface area contributed by atoms with Crippen LogP contribution in [-0.4, -0.2) is 216 Å².